The zero-order chi connectivity index (χ0) is 14.3. The van der Waals surface area contributed by atoms with Gasteiger partial charge in [0, 0.05) is 18.8 Å². The van der Waals surface area contributed by atoms with Gasteiger partial charge in [0.05, 0.1) is 19.0 Å². The molecule has 0 bridgehead atoms. The molecule has 0 aliphatic rings. The molecule has 1 atom stereocenters. The van der Waals surface area contributed by atoms with Gasteiger partial charge in [0.15, 0.2) is 9.84 Å². The van der Waals surface area contributed by atoms with Gasteiger partial charge in [-0.2, -0.15) is 0 Å². The number of ether oxygens (including phenoxy) is 1. The standard InChI is InChI=1S/C13H21NO4S/c1-3-19(16,17)9-8-14-10-13(15)11-4-6-12(18-2)7-5-11/h4-7,13-15H,3,8-10H2,1-2H3. The van der Waals surface area contributed by atoms with Crippen LogP contribution in [0.4, 0.5) is 0 Å². The molecule has 1 rings (SSSR count). The molecule has 0 fully saturated rings. The minimum Gasteiger partial charge on any atom is -0.497 e. The second-order valence-corrected chi connectivity index (χ2v) is 6.70. The fourth-order valence-electron chi connectivity index (χ4n) is 1.55. The lowest BCUT2D eigenvalue weighted by molar-refractivity contribution is 0.175. The molecule has 0 radical (unpaired) electrons. The van der Waals surface area contributed by atoms with Crippen LogP contribution in [0.1, 0.15) is 18.6 Å². The third-order valence-corrected chi connectivity index (χ3v) is 4.57. The smallest absolute Gasteiger partial charge is 0.151 e. The highest BCUT2D eigenvalue weighted by Gasteiger charge is 2.09. The van der Waals surface area contributed by atoms with Crippen LogP contribution < -0.4 is 10.1 Å². The van der Waals surface area contributed by atoms with Crippen LogP contribution in [0.25, 0.3) is 0 Å². The molecule has 0 aliphatic heterocycles. The quantitative estimate of drug-likeness (QED) is 0.690. The van der Waals surface area contributed by atoms with Gasteiger partial charge in [-0.1, -0.05) is 19.1 Å². The third kappa shape index (κ3) is 5.59. The summed E-state index contributed by atoms with van der Waals surface area (Å²) in [5, 5.41) is 12.9. The molecule has 2 N–H and O–H groups in total. The van der Waals surface area contributed by atoms with Crippen molar-refractivity contribution in [2.75, 3.05) is 31.7 Å². The second kappa shape index (κ2) is 7.47. The van der Waals surface area contributed by atoms with E-state index in [0.717, 1.165) is 11.3 Å². The predicted molar refractivity (Wildman–Crippen MR) is 75.2 cm³/mol. The van der Waals surface area contributed by atoms with Gasteiger partial charge >= 0.3 is 0 Å². The fourth-order valence-corrected chi connectivity index (χ4v) is 2.30. The summed E-state index contributed by atoms with van der Waals surface area (Å²) in [6.07, 6.45) is -0.657. The summed E-state index contributed by atoms with van der Waals surface area (Å²) in [7, 11) is -1.37. The van der Waals surface area contributed by atoms with Crippen molar-refractivity contribution < 1.29 is 18.3 Å². The summed E-state index contributed by atoms with van der Waals surface area (Å²) < 4.78 is 27.6. The average Bonchev–Trinajstić information content (AvgIpc) is 2.43. The number of hydrogen-bond acceptors (Lipinski definition) is 5. The Morgan fingerprint density at radius 1 is 1.32 bits per heavy atom. The lowest BCUT2D eigenvalue weighted by atomic mass is 10.1. The number of nitrogens with one attached hydrogen (secondary N) is 1. The molecule has 0 aliphatic carbocycles. The van der Waals surface area contributed by atoms with Crippen molar-refractivity contribution in [2.45, 2.75) is 13.0 Å². The van der Waals surface area contributed by atoms with Crippen LogP contribution in [-0.2, 0) is 9.84 Å². The number of rotatable bonds is 8. The molecule has 6 heteroatoms. The van der Waals surface area contributed by atoms with Gasteiger partial charge in [-0.15, -0.1) is 0 Å². The van der Waals surface area contributed by atoms with Crippen molar-refractivity contribution in [3.63, 3.8) is 0 Å². The van der Waals surface area contributed by atoms with Crippen LogP contribution in [0.3, 0.4) is 0 Å². The van der Waals surface area contributed by atoms with Crippen LogP contribution in [0.2, 0.25) is 0 Å². The maximum absolute atomic E-state index is 11.3. The molecule has 0 amide bonds. The molecule has 0 aromatic heterocycles. The molecule has 0 spiro atoms. The summed E-state index contributed by atoms with van der Waals surface area (Å²) in [5.41, 5.74) is 0.770. The first-order valence-corrected chi connectivity index (χ1v) is 8.04. The van der Waals surface area contributed by atoms with Crippen molar-refractivity contribution in [2.24, 2.45) is 0 Å². The van der Waals surface area contributed by atoms with E-state index in [2.05, 4.69) is 5.32 Å². The SMILES string of the molecule is CCS(=O)(=O)CCNCC(O)c1ccc(OC)cc1. The Morgan fingerprint density at radius 2 is 1.95 bits per heavy atom. The summed E-state index contributed by atoms with van der Waals surface area (Å²) in [5.74, 6) is 0.979. The number of sulfone groups is 1. The Morgan fingerprint density at radius 3 is 2.47 bits per heavy atom. The molecular weight excluding hydrogens is 266 g/mol. The van der Waals surface area contributed by atoms with Crippen LogP contribution in [0, 0.1) is 0 Å². The average molecular weight is 287 g/mol. The zero-order valence-corrected chi connectivity index (χ0v) is 12.1. The molecule has 1 aromatic carbocycles. The molecule has 0 heterocycles. The summed E-state index contributed by atoms with van der Waals surface area (Å²) in [6.45, 7) is 2.30. The highest BCUT2D eigenvalue weighted by atomic mass is 32.2. The van der Waals surface area contributed by atoms with Gasteiger partial charge in [0.25, 0.3) is 0 Å². The first-order valence-electron chi connectivity index (χ1n) is 6.21. The Labute approximate surface area is 114 Å². The van der Waals surface area contributed by atoms with Gasteiger partial charge in [-0.3, -0.25) is 0 Å². The maximum atomic E-state index is 11.3. The first kappa shape index (κ1) is 15.9. The van der Waals surface area contributed by atoms with E-state index in [-0.39, 0.29) is 11.5 Å². The number of methoxy groups -OCH3 is 1. The fraction of sp³-hybridized carbons (Fsp3) is 0.538. The molecule has 19 heavy (non-hydrogen) atoms. The lowest BCUT2D eigenvalue weighted by Gasteiger charge is -2.12. The summed E-state index contributed by atoms with van der Waals surface area (Å²) in [4.78, 5) is 0. The van der Waals surface area contributed by atoms with E-state index < -0.39 is 15.9 Å². The summed E-state index contributed by atoms with van der Waals surface area (Å²) >= 11 is 0. The topological polar surface area (TPSA) is 75.6 Å². The monoisotopic (exact) mass is 287 g/mol. The van der Waals surface area contributed by atoms with Crippen molar-refractivity contribution in [3.8, 4) is 5.75 Å². The molecule has 1 unspecified atom stereocenters. The number of aliphatic hydroxyl groups is 1. The molecule has 0 saturated carbocycles. The second-order valence-electron chi connectivity index (χ2n) is 4.23. The normalized spacial score (nSPS) is 13.2. The predicted octanol–water partition coefficient (Wildman–Crippen LogP) is 0.753. The highest BCUT2D eigenvalue weighted by molar-refractivity contribution is 7.91. The van der Waals surface area contributed by atoms with Crippen molar-refractivity contribution in [1.82, 2.24) is 5.32 Å². The van der Waals surface area contributed by atoms with Crippen molar-refractivity contribution in [1.29, 1.82) is 0 Å². The lowest BCUT2D eigenvalue weighted by Crippen LogP contribution is -2.27. The first-order chi connectivity index (χ1) is 8.98. The van der Waals surface area contributed by atoms with Crippen LogP contribution in [0.15, 0.2) is 24.3 Å². The highest BCUT2D eigenvalue weighted by Crippen LogP contribution is 2.16. The van der Waals surface area contributed by atoms with Crippen molar-refractivity contribution in [3.05, 3.63) is 29.8 Å². The molecule has 108 valence electrons. The molecule has 1 aromatic rings. The maximum Gasteiger partial charge on any atom is 0.151 e. The number of benzene rings is 1. The number of hydrogen-bond donors (Lipinski definition) is 2. The number of aliphatic hydroxyl groups excluding tert-OH is 1. The summed E-state index contributed by atoms with van der Waals surface area (Å²) in [6, 6.07) is 7.13. The Kier molecular flexibility index (Phi) is 6.27. The van der Waals surface area contributed by atoms with Gasteiger partial charge in [0.2, 0.25) is 0 Å². The van der Waals surface area contributed by atoms with E-state index in [9.17, 15) is 13.5 Å². The molecule has 0 saturated heterocycles. The van der Waals surface area contributed by atoms with E-state index >= 15 is 0 Å². The van der Waals surface area contributed by atoms with E-state index in [1.54, 1.807) is 38.3 Å². The van der Waals surface area contributed by atoms with E-state index in [0.29, 0.717) is 13.1 Å². The zero-order valence-electron chi connectivity index (χ0n) is 11.3. The Bertz CT molecular complexity index is 470. The minimum absolute atomic E-state index is 0.0961. The Balaban J connectivity index is 2.36. The third-order valence-electron chi connectivity index (χ3n) is 2.87. The Hall–Kier alpha value is -1.11. The minimum atomic E-state index is -2.95. The molecule has 5 nitrogen and oxygen atoms in total. The van der Waals surface area contributed by atoms with Crippen LogP contribution >= 0.6 is 0 Å². The van der Waals surface area contributed by atoms with Gasteiger partial charge in [-0.25, -0.2) is 8.42 Å². The van der Waals surface area contributed by atoms with E-state index in [1.165, 1.54) is 0 Å². The van der Waals surface area contributed by atoms with Crippen LogP contribution in [0.5, 0.6) is 5.75 Å². The van der Waals surface area contributed by atoms with Crippen molar-refractivity contribution >= 4 is 9.84 Å². The van der Waals surface area contributed by atoms with E-state index in [1.807, 2.05) is 0 Å². The molecular formula is C13H21NO4S. The van der Waals surface area contributed by atoms with Crippen LogP contribution in [-0.4, -0.2) is 45.2 Å². The van der Waals surface area contributed by atoms with Gasteiger partial charge in [-0.05, 0) is 17.7 Å². The largest absolute Gasteiger partial charge is 0.497 e. The van der Waals surface area contributed by atoms with E-state index in [4.69, 9.17) is 4.74 Å². The van der Waals surface area contributed by atoms with Gasteiger partial charge < -0.3 is 15.2 Å². The van der Waals surface area contributed by atoms with Gasteiger partial charge in [0.1, 0.15) is 5.75 Å².